The number of unbranched alkanes of at least 4 members (excludes halogenated alkanes) is 2. The molecule has 0 aromatic carbocycles. The number of fused-ring (bicyclic) bond motifs is 1. The molecule has 3 rings (SSSR count). The molecule has 29 heavy (non-hydrogen) atoms. The third-order valence-corrected chi connectivity index (χ3v) is 6.66. The summed E-state index contributed by atoms with van der Waals surface area (Å²) in [5.41, 5.74) is 9.93. The van der Waals surface area contributed by atoms with Gasteiger partial charge in [-0.05, 0) is 44.7 Å². The number of hydrogen-bond acceptors (Lipinski definition) is 7. The van der Waals surface area contributed by atoms with Gasteiger partial charge in [0.25, 0.3) is 0 Å². The van der Waals surface area contributed by atoms with Gasteiger partial charge >= 0.3 is 0 Å². The Balaban J connectivity index is 1.70. The zero-order chi connectivity index (χ0) is 21.0. The van der Waals surface area contributed by atoms with E-state index in [1.807, 2.05) is 13.8 Å². The molecular weight excluding hydrogens is 388 g/mol. The standard InChI is InChI=1S/C20H28N6O2S/c1-4-9-16-25-17-18(14(2)15(3)24-19(17)21)26(16)12-6-5-7-13-29(27,28)20-22-10-8-11-23-20/h8,10-11H,4-7,9,12-13H2,1-3H3,(H2,21,24). The first kappa shape index (κ1) is 21.2. The van der Waals surface area contributed by atoms with E-state index < -0.39 is 9.84 Å². The third kappa shape index (κ3) is 4.55. The Kier molecular flexibility index (Phi) is 6.46. The minimum atomic E-state index is -3.43. The van der Waals surface area contributed by atoms with E-state index >= 15 is 0 Å². The normalized spacial score (nSPS) is 12.0. The molecule has 3 aromatic rings. The number of sulfone groups is 1. The summed E-state index contributed by atoms with van der Waals surface area (Å²) in [4.78, 5) is 16.9. The van der Waals surface area contributed by atoms with Crippen molar-refractivity contribution < 1.29 is 8.42 Å². The van der Waals surface area contributed by atoms with Crippen LogP contribution in [0.2, 0.25) is 0 Å². The van der Waals surface area contributed by atoms with Gasteiger partial charge in [-0.25, -0.2) is 28.4 Å². The zero-order valence-corrected chi connectivity index (χ0v) is 18.0. The maximum atomic E-state index is 12.3. The second-order valence-electron chi connectivity index (χ2n) is 7.25. The Hall–Kier alpha value is -2.55. The highest BCUT2D eigenvalue weighted by Gasteiger charge is 2.18. The van der Waals surface area contributed by atoms with E-state index in [-0.39, 0.29) is 10.9 Å². The average Bonchev–Trinajstić information content (AvgIpc) is 3.06. The van der Waals surface area contributed by atoms with E-state index in [1.165, 1.54) is 12.4 Å². The molecule has 3 heterocycles. The van der Waals surface area contributed by atoms with Crippen molar-refractivity contribution in [2.75, 3.05) is 11.5 Å². The molecule has 9 heteroatoms. The predicted molar refractivity (Wildman–Crippen MR) is 113 cm³/mol. The van der Waals surface area contributed by atoms with Crippen molar-refractivity contribution in [3.8, 4) is 0 Å². The van der Waals surface area contributed by atoms with Gasteiger partial charge < -0.3 is 10.3 Å². The van der Waals surface area contributed by atoms with Crippen molar-refractivity contribution in [2.45, 2.75) is 64.6 Å². The number of aryl methyl sites for hydroxylation is 4. The maximum absolute atomic E-state index is 12.3. The van der Waals surface area contributed by atoms with Gasteiger partial charge in [-0.3, -0.25) is 0 Å². The lowest BCUT2D eigenvalue weighted by Gasteiger charge is -2.11. The SMILES string of the molecule is CCCc1nc2c(N)nc(C)c(C)c2n1CCCCCS(=O)(=O)c1ncccn1. The highest BCUT2D eigenvalue weighted by Crippen LogP contribution is 2.27. The lowest BCUT2D eigenvalue weighted by molar-refractivity contribution is 0.567. The van der Waals surface area contributed by atoms with Gasteiger partial charge in [-0.1, -0.05) is 13.3 Å². The molecule has 0 fully saturated rings. The van der Waals surface area contributed by atoms with Crippen LogP contribution in [-0.2, 0) is 22.8 Å². The third-order valence-electron chi connectivity index (χ3n) is 5.06. The van der Waals surface area contributed by atoms with Gasteiger partial charge in [0.1, 0.15) is 11.3 Å². The zero-order valence-electron chi connectivity index (χ0n) is 17.2. The fraction of sp³-hybridized carbons (Fsp3) is 0.500. The molecule has 8 nitrogen and oxygen atoms in total. The van der Waals surface area contributed by atoms with E-state index in [4.69, 9.17) is 10.7 Å². The summed E-state index contributed by atoms with van der Waals surface area (Å²) in [6.45, 7) is 6.90. The first-order chi connectivity index (χ1) is 13.8. The Morgan fingerprint density at radius 3 is 2.48 bits per heavy atom. The van der Waals surface area contributed by atoms with Crippen LogP contribution in [-0.4, -0.2) is 38.7 Å². The predicted octanol–water partition coefficient (Wildman–Crippen LogP) is 3.02. The molecule has 3 aromatic heterocycles. The largest absolute Gasteiger partial charge is 0.382 e. The van der Waals surface area contributed by atoms with E-state index in [2.05, 4.69) is 26.4 Å². The Morgan fingerprint density at radius 1 is 1.07 bits per heavy atom. The number of imidazole rings is 1. The Bertz CT molecular complexity index is 1090. The molecule has 0 unspecified atom stereocenters. The van der Waals surface area contributed by atoms with Crippen LogP contribution in [0.1, 0.15) is 49.7 Å². The van der Waals surface area contributed by atoms with E-state index in [9.17, 15) is 8.42 Å². The van der Waals surface area contributed by atoms with Crippen LogP contribution in [0.25, 0.3) is 11.0 Å². The Morgan fingerprint density at radius 2 is 1.79 bits per heavy atom. The van der Waals surface area contributed by atoms with Crippen LogP contribution in [0.15, 0.2) is 23.6 Å². The van der Waals surface area contributed by atoms with Crippen LogP contribution in [0.4, 0.5) is 5.82 Å². The van der Waals surface area contributed by atoms with Crippen molar-refractivity contribution in [1.29, 1.82) is 0 Å². The average molecular weight is 417 g/mol. The van der Waals surface area contributed by atoms with Crippen molar-refractivity contribution >= 4 is 26.7 Å². The molecule has 0 saturated heterocycles. The highest BCUT2D eigenvalue weighted by atomic mass is 32.2. The molecule has 0 aliphatic heterocycles. The van der Waals surface area contributed by atoms with Crippen molar-refractivity contribution in [3.63, 3.8) is 0 Å². The molecule has 0 aliphatic rings. The molecular formula is C20H28N6O2S. The van der Waals surface area contributed by atoms with Crippen LogP contribution >= 0.6 is 0 Å². The van der Waals surface area contributed by atoms with Crippen molar-refractivity contribution in [1.82, 2.24) is 24.5 Å². The number of aromatic nitrogens is 5. The van der Waals surface area contributed by atoms with Gasteiger partial charge in [0.05, 0.1) is 11.3 Å². The first-order valence-corrected chi connectivity index (χ1v) is 11.6. The Labute approximate surface area is 171 Å². The summed E-state index contributed by atoms with van der Waals surface area (Å²) >= 11 is 0. The number of nitrogen functional groups attached to an aromatic ring is 1. The quantitative estimate of drug-likeness (QED) is 0.421. The van der Waals surface area contributed by atoms with Gasteiger partial charge in [-0.15, -0.1) is 0 Å². The van der Waals surface area contributed by atoms with Crippen molar-refractivity contribution in [3.05, 3.63) is 35.5 Å². The van der Waals surface area contributed by atoms with Crippen LogP contribution in [0, 0.1) is 13.8 Å². The second-order valence-corrected chi connectivity index (χ2v) is 9.25. The number of pyridine rings is 1. The van der Waals surface area contributed by atoms with E-state index in [0.29, 0.717) is 12.2 Å². The van der Waals surface area contributed by atoms with Crippen molar-refractivity contribution in [2.24, 2.45) is 0 Å². The minimum absolute atomic E-state index is 0.0541. The lowest BCUT2D eigenvalue weighted by Crippen LogP contribution is -2.11. The molecule has 0 amide bonds. The molecule has 0 aliphatic carbocycles. The molecule has 2 N–H and O–H groups in total. The lowest BCUT2D eigenvalue weighted by atomic mass is 10.2. The number of nitrogens with zero attached hydrogens (tertiary/aromatic N) is 5. The van der Waals surface area contributed by atoms with Gasteiger partial charge in [0.15, 0.2) is 5.82 Å². The molecule has 0 atom stereocenters. The van der Waals surface area contributed by atoms with Crippen LogP contribution in [0.5, 0.6) is 0 Å². The van der Waals surface area contributed by atoms with Crippen LogP contribution < -0.4 is 5.73 Å². The van der Waals surface area contributed by atoms with Gasteiger partial charge in [0, 0.05) is 31.1 Å². The first-order valence-electron chi connectivity index (χ1n) is 9.96. The number of anilines is 1. The molecule has 156 valence electrons. The molecule has 0 spiro atoms. The minimum Gasteiger partial charge on any atom is -0.382 e. The van der Waals surface area contributed by atoms with E-state index in [0.717, 1.165) is 60.3 Å². The summed E-state index contributed by atoms with van der Waals surface area (Å²) in [6, 6.07) is 1.61. The monoisotopic (exact) mass is 416 g/mol. The summed E-state index contributed by atoms with van der Waals surface area (Å²) in [6.07, 6.45) is 6.96. The second kappa shape index (κ2) is 8.86. The number of rotatable bonds is 9. The van der Waals surface area contributed by atoms with E-state index in [1.54, 1.807) is 6.07 Å². The van der Waals surface area contributed by atoms with Gasteiger partial charge in [0.2, 0.25) is 15.0 Å². The fourth-order valence-corrected chi connectivity index (χ4v) is 4.69. The highest BCUT2D eigenvalue weighted by molar-refractivity contribution is 7.91. The maximum Gasteiger partial charge on any atom is 0.246 e. The molecule has 0 radical (unpaired) electrons. The summed E-state index contributed by atoms with van der Waals surface area (Å²) in [5, 5.41) is -0.0973. The summed E-state index contributed by atoms with van der Waals surface area (Å²) in [5.74, 6) is 1.53. The molecule has 0 bridgehead atoms. The summed E-state index contributed by atoms with van der Waals surface area (Å²) in [7, 11) is -3.43. The number of nitrogens with two attached hydrogens (primary N) is 1. The smallest absolute Gasteiger partial charge is 0.246 e. The van der Waals surface area contributed by atoms with Crippen LogP contribution in [0.3, 0.4) is 0 Å². The number of hydrogen-bond donors (Lipinski definition) is 1. The fourth-order valence-electron chi connectivity index (χ4n) is 3.48. The van der Waals surface area contributed by atoms with Gasteiger partial charge in [-0.2, -0.15) is 0 Å². The molecule has 0 saturated carbocycles. The topological polar surface area (TPSA) is 117 Å². The summed E-state index contributed by atoms with van der Waals surface area (Å²) < 4.78 is 26.8.